The van der Waals surface area contributed by atoms with Gasteiger partial charge in [-0.1, -0.05) is 24.9 Å². The minimum atomic E-state index is -0.871. The van der Waals surface area contributed by atoms with Crippen LogP contribution in [0, 0.1) is 46.8 Å². The molecule has 0 radical (unpaired) electrons. The van der Waals surface area contributed by atoms with E-state index < -0.39 is 5.60 Å². The molecule has 4 aliphatic rings. The van der Waals surface area contributed by atoms with Gasteiger partial charge >= 0.3 is 0 Å². The zero-order chi connectivity index (χ0) is 17.2. The third-order valence-corrected chi connectivity index (χ3v) is 8.86. The second kappa shape index (κ2) is 5.24. The maximum Gasteiger partial charge on any atom is 0.125 e. The van der Waals surface area contributed by atoms with Gasteiger partial charge in [-0.25, -0.2) is 0 Å². The monoisotopic (exact) mass is 329 g/mol. The maximum absolute atomic E-state index is 10.6. The van der Waals surface area contributed by atoms with Crippen LogP contribution < -0.4 is 0 Å². The van der Waals surface area contributed by atoms with Gasteiger partial charge in [-0.15, -0.1) is 6.42 Å². The van der Waals surface area contributed by atoms with Crippen LogP contribution in [0.5, 0.6) is 0 Å². The molecule has 0 heterocycles. The van der Waals surface area contributed by atoms with E-state index in [1.54, 1.807) is 0 Å². The molecule has 4 rings (SSSR count). The number of aliphatic hydroxyl groups is 1. The van der Waals surface area contributed by atoms with Crippen LogP contribution in [0.15, 0.2) is 5.16 Å². The van der Waals surface area contributed by atoms with E-state index in [0.717, 1.165) is 49.7 Å². The molecule has 0 aromatic heterocycles. The van der Waals surface area contributed by atoms with Crippen LogP contribution in [0.3, 0.4) is 0 Å². The minimum Gasteiger partial charge on any atom is -0.411 e. The summed E-state index contributed by atoms with van der Waals surface area (Å²) in [7, 11) is 0. The Morgan fingerprint density at radius 1 is 1.08 bits per heavy atom. The summed E-state index contributed by atoms with van der Waals surface area (Å²) >= 11 is 0. The van der Waals surface area contributed by atoms with E-state index in [1.165, 1.54) is 25.7 Å². The molecule has 0 spiro atoms. The highest BCUT2D eigenvalue weighted by Crippen LogP contribution is 2.66. The standard InChI is InChI=1S/C21H31NO2/c1-4-21(23)12-11-19(2)14(13-21)5-6-15-16-7-8-18(22-24)20(16,3)10-9-17(15)19/h1,14-17,23-24H,5-13H2,2-3H3/b22-18+/t14?,15?,16?,17?,19-,20-,21+/m0/s1. The van der Waals surface area contributed by atoms with Crippen LogP contribution in [0.4, 0.5) is 0 Å². The molecule has 4 aliphatic carbocycles. The highest BCUT2D eigenvalue weighted by atomic mass is 16.4. The average Bonchev–Trinajstić information content (AvgIpc) is 2.92. The number of hydrogen-bond acceptors (Lipinski definition) is 3. The van der Waals surface area contributed by atoms with Crippen molar-refractivity contribution < 1.29 is 10.3 Å². The summed E-state index contributed by atoms with van der Waals surface area (Å²) in [6, 6.07) is 0. The van der Waals surface area contributed by atoms with Crippen LogP contribution in [-0.2, 0) is 0 Å². The molecule has 3 nitrogen and oxygen atoms in total. The van der Waals surface area contributed by atoms with Crippen molar-refractivity contribution in [3.8, 4) is 12.3 Å². The summed E-state index contributed by atoms with van der Waals surface area (Å²) in [4.78, 5) is 0. The molecule has 0 bridgehead atoms. The largest absolute Gasteiger partial charge is 0.411 e. The summed E-state index contributed by atoms with van der Waals surface area (Å²) in [5.74, 6) is 5.40. The number of rotatable bonds is 0. The van der Waals surface area contributed by atoms with Crippen molar-refractivity contribution in [1.82, 2.24) is 0 Å². The summed E-state index contributed by atoms with van der Waals surface area (Å²) in [6.45, 7) is 4.81. The van der Waals surface area contributed by atoms with E-state index in [4.69, 9.17) is 6.42 Å². The summed E-state index contributed by atoms with van der Waals surface area (Å²) in [6.07, 6.45) is 15.2. The number of fused-ring (bicyclic) bond motifs is 5. The molecule has 0 aromatic carbocycles. The van der Waals surface area contributed by atoms with Gasteiger partial charge in [0.2, 0.25) is 0 Å². The van der Waals surface area contributed by atoms with Crippen LogP contribution in [0.1, 0.15) is 71.6 Å². The first-order chi connectivity index (χ1) is 11.4. The molecular weight excluding hydrogens is 298 g/mol. The fourth-order valence-corrected chi connectivity index (χ4v) is 7.33. The molecular formula is C21H31NO2. The Morgan fingerprint density at radius 3 is 2.58 bits per heavy atom. The van der Waals surface area contributed by atoms with E-state index in [-0.39, 0.29) is 5.41 Å². The third-order valence-electron chi connectivity index (χ3n) is 8.86. The molecule has 3 heteroatoms. The second-order valence-corrected chi connectivity index (χ2v) is 9.58. The van der Waals surface area contributed by atoms with Gasteiger partial charge in [-0.05, 0) is 86.9 Å². The van der Waals surface area contributed by atoms with Crippen LogP contribution in [0.2, 0.25) is 0 Å². The first kappa shape index (κ1) is 16.5. The van der Waals surface area contributed by atoms with Crippen molar-refractivity contribution in [1.29, 1.82) is 0 Å². The first-order valence-corrected chi connectivity index (χ1v) is 9.78. The maximum atomic E-state index is 10.6. The highest BCUT2D eigenvalue weighted by molar-refractivity contribution is 5.91. The van der Waals surface area contributed by atoms with E-state index in [1.807, 2.05) is 0 Å². The quantitative estimate of drug-likeness (QED) is 0.397. The predicted molar refractivity (Wildman–Crippen MR) is 94.7 cm³/mol. The van der Waals surface area contributed by atoms with Crippen LogP contribution in [-0.4, -0.2) is 21.6 Å². The van der Waals surface area contributed by atoms with Gasteiger partial charge in [0.1, 0.15) is 5.60 Å². The lowest BCUT2D eigenvalue weighted by atomic mass is 9.44. The molecule has 0 saturated heterocycles. The fraction of sp³-hybridized carbons (Fsp3) is 0.857. The van der Waals surface area contributed by atoms with Gasteiger partial charge < -0.3 is 10.3 Å². The van der Waals surface area contributed by atoms with Crippen molar-refractivity contribution in [3.05, 3.63) is 0 Å². The van der Waals surface area contributed by atoms with Crippen LogP contribution >= 0.6 is 0 Å². The zero-order valence-electron chi connectivity index (χ0n) is 15.1. The number of nitrogens with zero attached hydrogens (tertiary/aromatic N) is 1. The van der Waals surface area contributed by atoms with Crippen molar-refractivity contribution in [2.24, 2.45) is 39.7 Å². The molecule has 4 unspecified atom stereocenters. The highest BCUT2D eigenvalue weighted by Gasteiger charge is 2.60. The lowest BCUT2D eigenvalue weighted by molar-refractivity contribution is -0.127. The lowest BCUT2D eigenvalue weighted by Gasteiger charge is -2.61. The van der Waals surface area contributed by atoms with E-state index >= 15 is 0 Å². The lowest BCUT2D eigenvalue weighted by Crippen LogP contribution is -2.55. The van der Waals surface area contributed by atoms with E-state index in [2.05, 4.69) is 24.9 Å². The fourth-order valence-electron chi connectivity index (χ4n) is 7.33. The van der Waals surface area contributed by atoms with Crippen molar-refractivity contribution >= 4 is 5.71 Å². The van der Waals surface area contributed by atoms with Gasteiger partial charge in [-0.2, -0.15) is 0 Å². The summed E-state index contributed by atoms with van der Waals surface area (Å²) < 4.78 is 0. The van der Waals surface area contributed by atoms with Crippen molar-refractivity contribution in [2.75, 3.05) is 0 Å². The number of hydrogen-bond donors (Lipinski definition) is 2. The average molecular weight is 329 g/mol. The van der Waals surface area contributed by atoms with Gasteiger partial charge in [-0.3, -0.25) is 0 Å². The first-order valence-electron chi connectivity index (χ1n) is 9.78. The Bertz CT molecular complexity index is 607. The molecule has 132 valence electrons. The van der Waals surface area contributed by atoms with E-state index in [0.29, 0.717) is 17.3 Å². The molecule has 0 aromatic rings. The Morgan fingerprint density at radius 2 is 1.88 bits per heavy atom. The van der Waals surface area contributed by atoms with Gasteiger partial charge in [0.05, 0.1) is 5.71 Å². The van der Waals surface area contributed by atoms with Crippen LogP contribution in [0.25, 0.3) is 0 Å². The zero-order valence-corrected chi connectivity index (χ0v) is 15.1. The second-order valence-electron chi connectivity index (χ2n) is 9.58. The van der Waals surface area contributed by atoms with Crippen molar-refractivity contribution in [3.63, 3.8) is 0 Å². The SMILES string of the molecule is C#C[C@@]1(O)CC[C@@]2(C)C(CCC3C2CC[C@]2(C)/C(=N/O)CCC32)C1. The normalized spacial score (nSPS) is 55.3. The van der Waals surface area contributed by atoms with Gasteiger partial charge in [0.15, 0.2) is 0 Å². The topological polar surface area (TPSA) is 52.8 Å². The smallest absolute Gasteiger partial charge is 0.125 e. The van der Waals surface area contributed by atoms with Gasteiger partial charge in [0.25, 0.3) is 0 Å². The molecule has 24 heavy (non-hydrogen) atoms. The molecule has 2 N–H and O–H groups in total. The Kier molecular flexibility index (Phi) is 3.59. The number of oxime groups is 1. The van der Waals surface area contributed by atoms with Crippen molar-refractivity contribution in [2.45, 2.75) is 77.2 Å². The molecule has 0 aliphatic heterocycles. The Balaban J connectivity index is 1.62. The molecule has 0 amide bonds. The molecule has 7 atom stereocenters. The minimum absolute atomic E-state index is 0.118. The van der Waals surface area contributed by atoms with Gasteiger partial charge in [0, 0.05) is 5.41 Å². The Labute approximate surface area is 145 Å². The Hall–Kier alpha value is -1.01. The predicted octanol–water partition coefficient (Wildman–Crippen LogP) is 4.22. The molecule has 4 saturated carbocycles. The molecule has 4 fully saturated rings. The summed E-state index contributed by atoms with van der Waals surface area (Å²) in [5, 5.41) is 23.7. The third kappa shape index (κ3) is 2.05. The number of terminal acetylenes is 1. The summed E-state index contributed by atoms with van der Waals surface area (Å²) in [5.41, 5.74) is 0.618. The van der Waals surface area contributed by atoms with E-state index in [9.17, 15) is 10.3 Å².